The number of carbonyl (C=O) groups excluding carboxylic acids is 2. The van der Waals surface area contributed by atoms with Gasteiger partial charge in [0.15, 0.2) is 6.54 Å². The average Bonchev–Trinajstić information content (AvgIpc) is 2.46. The highest BCUT2D eigenvalue weighted by Gasteiger charge is 2.18. The van der Waals surface area contributed by atoms with Crippen LogP contribution in [0.5, 0.6) is 0 Å². The molecule has 1 aromatic rings. The molecule has 8 heteroatoms. The van der Waals surface area contributed by atoms with Crippen LogP contribution >= 0.6 is 23.2 Å². The Labute approximate surface area is 138 Å². The lowest BCUT2D eigenvalue weighted by atomic mass is 10.1. The summed E-state index contributed by atoms with van der Waals surface area (Å²) in [6, 6.07) is 1.79. The van der Waals surface area contributed by atoms with Gasteiger partial charge in [-0.25, -0.2) is 9.18 Å². The van der Waals surface area contributed by atoms with Crippen molar-refractivity contribution in [3.8, 4) is 0 Å². The summed E-state index contributed by atoms with van der Waals surface area (Å²) in [5.74, 6) is -1.00. The van der Waals surface area contributed by atoms with Crippen molar-refractivity contribution in [1.29, 1.82) is 0 Å². The third-order valence-corrected chi connectivity index (χ3v) is 3.59. The van der Waals surface area contributed by atoms with Crippen LogP contribution in [0.4, 0.5) is 9.18 Å². The maximum Gasteiger partial charge on any atom is 0.321 e. The van der Waals surface area contributed by atoms with Gasteiger partial charge in [-0.2, -0.15) is 0 Å². The molecule has 0 bridgehead atoms. The van der Waals surface area contributed by atoms with Crippen LogP contribution in [-0.2, 0) is 4.79 Å². The molecule has 0 saturated carbocycles. The number of amides is 3. The summed E-state index contributed by atoms with van der Waals surface area (Å²) in [6.45, 7) is 4.20. The topological polar surface area (TPSA) is 74.8 Å². The van der Waals surface area contributed by atoms with Gasteiger partial charge in [-0.05, 0) is 25.5 Å². The van der Waals surface area contributed by atoms with E-state index in [4.69, 9.17) is 23.2 Å². The molecule has 1 rings (SSSR count). The Kier molecular flexibility index (Phi) is 7.58. The van der Waals surface area contributed by atoms with Crippen LogP contribution in [0.3, 0.4) is 0 Å². The van der Waals surface area contributed by atoms with Gasteiger partial charge in [0, 0.05) is 12.1 Å². The Bertz CT molecular complexity index is 555. The van der Waals surface area contributed by atoms with Gasteiger partial charge >= 0.3 is 6.03 Å². The van der Waals surface area contributed by atoms with Crippen molar-refractivity contribution in [2.75, 3.05) is 13.1 Å². The summed E-state index contributed by atoms with van der Waals surface area (Å²) in [7, 11) is 0. The van der Waals surface area contributed by atoms with E-state index in [9.17, 15) is 14.0 Å². The highest BCUT2D eigenvalue weighted by atomic mass is 35.5. The summed E-state index contributed by atoms with van der Waals surface area (Å²) in [6.07, 6.45) is 0.783. The number of benzene rings is 1. The molecule has 0 aliphatic rings. The molecule has 0 radical (unpaired) electrons. The second kappa shape index (κ2) is 8.92. The van der Waals surface area contributed by atoms with Crippen molar-refractivity contribution >= 4 is 35.1 Å². The van der Waals surface area contributed by atoms with E-state index in [-0.39, 0.29) is 17.6 Å². The largest absolute Gasteiger partial charge is 0.338 e. The fraction of sp³-hybridized carbons (Fsp3) is 0.429. The summed E-state index contributed by atoms with van der Waals surface area (Å²) >= 11 is 11.7. The molecule has 0 unspecified atom stereocenters. The summed E-state index contributed by atoms with van der Waals surface area (Å²) < 4.78 is 13.5. The number of hydrogen-bond donors (Lipinski definition) is 3. The zero-order valence-electron chi connectivity index (χ0n) is 12.4. The lowest BCUT2D eigenvalue weighted by molar-refractivity contribution is -0.682. The summed E-state index contributed by atoms with van der Waals surface area (Å²) in [5.41, 5.74) is 0.534. The van der Waals surface area contributed by atoms with Gasteiger partial charge in [0.2, 0.25) is 0 Å². The van der Waals surface area contributed by atoms with Crippen LogP contribution < -0.4 is 16.0 Å². The molecule has 122 valence electrons. The Hall–Kier alpha value is -1.37. The lowest BCUT2D eigenvalue weighted by Crippen LogP contribution is -2.87. The number of hydrogen-bond acceptors (Lipinski definition) is 2. The number of rotatable bonds is 6. The molecule has 0 saturated heterocycles. The first-order valence-corrected chi connectivity index (χ1v) is 7.66. The number of nitrogens with two attached hydrogens (primary N) is 1. The van der Waals surface area contributed by atoms with Crippen molar-refractivity contribution in [2.24, 2.45) is 0 Å². The number of halogens is 3. The molecule has 0 fully saturated rings. The second-order valence-electron chi connectivity index (χ2n) is 4.82. The third kappa shape index (κ3) is 5.79. The van der Waals surface area contributed by atoms with Crippen molar-refractivity contribution in [2.45, 2.75) is 26.3 Å². The summed E-state index contributed by atoms with van der Waals surface area (Å²) in [4.78, 5) is 22.9. The fourth-order valence-electron chi connectivity index (χ4n) is 1.76. The highest BCUT2D eigenvalue weighted by molar-refractivity contribution is 6.35. The normalized spacial score (nSPS) is 11.9. The Morgan fingerprint density at radius 3 is 2.64 bits per heavy atom. The van der Waals surface area contributed by atoms with Gasteiger partial charge in [0.25, 0.3) is 5.91 Å². The fourth-order valence-corrected chi connectivity index (χ4v) is 2.31. The molecular formula is C14H19Cl2FN3O2+. The number of urea groups is 1. The quantitative estimate of drug-likeness (QED) is 0.686. The molecule has 0 aliphatic heterocycles. The first kappa shape index (κ1) is 18.7. The number of quaternary nitrogens is 1. The number of carbonyl (C=O) groups is 2. The van der Waals surface area contributed by atoms with Crippen LogP contribution in [0.15, 0.2) is 12.1 Å². The van der Waals surface area contributed by atoms with Crippen molar-refractivity contribution < 1.29 is 19.3 Å². The lowest BCUT2D eigenvalue weighted by Gasteiger charge is -2.13. The molecular weight excluding hydrogens is 332 g/mol. The number of nitrogens with one attached hydrogen (secondary N) is 2. The van der Waals surface area contributed by atoms with E-state index in [1.54, 1.807) is 12.2 Å². The summed E-state index contributed by atoms with van der Waals surface area (Å²) in [5, 5.41) is 6.67. The van der Waals surface area contributed by atoms with E-state index in [2.05, 4.69) is 10.6 Å². The van der Waals surface area contributed by atoms with Crippen molar-refractivity contribution in [3.63, 3.8) is 0 Å². The monoisotopic (exact) mass is 350 g/mol. The molecule has 5 nitrogen and oxygen atoms in total. The van der Waals surface area contributed by atoms with Gasteiger partial charge in [-0.15, -0.1) is 0 Å². The minimum absolute atomic E-state index is 0.0152. The third-order valence-electron chi connectivity index (χ3n) is 2.98. The van der Waals surface area contributed by atoms with Gasteiger partial charge in [-0.3, -0.25) is 10.1 Å². The van der Waals surface area contributed by atoms with Gasteiger partial charge in [0.1, 0.15) is 11.9 Å². The minimum Gasteiger partial charge on any atom is -0.338 e. The van der Waals surface area contributed by atoms with Gasteiger partial charge in [-0.1, -0.05) is 30.1 Å². The smallest absolute Gasteiger partial charge is 0.321 e. The van der Waals surface area contributed by atoms with E-state index in [0.29, 0.717) is 17.1 Å². The van der Waals surface area contributed by atoms with Gasteiger partial charge in [0.05, 0.1) is 10.0 Å². The van der Waals surface area contributed by atoms with Crippen LogP contribution in [0.25, 0.3) is 0 Å². The standard InChI is InChI=1S/C14H18Cl2FN3O2/c1-3-4-18-14(22)20-13(21)7-19-8(2)9-5-12(17)11(16)6-10(9)15/h5-6,8,19H,3-4,7H2,1-2H3,(H2,18,20,21,22)/p+1/t8-/m0/s1. The molecule has 0 aromatic heterocycles. The SMILES string of the molecule is CCCNC(=O)NC(=O)C[NH2+][C@@H](C)c1cc(F)c(Cl)cc1Cl. The molecule has 1 aromatic carbocycles. The molecule has 1 atom stereocenters. The first-order chi connectivity index (χ1) is 10.3. The molecule has 3 amide bonds. The highest BCUT2D eigenvalue weighted by Crippen LogP contribution is 2.27. The van der Waals surface area contributed by atoms with Crippen LogP contribution in [-0.4, -0.2) is 25.0 Å². The second-order valence-corrected chi connectivity index (χ2v) is 5.63. The molecule has 0 aliphatic carbocycles. The Morgan fingerprint density at radius 2 is 2.00 bits per heavy atom. The van der Waals surface area contributed by atoms with E-state index in [1.807, 2.05) is 6.92 Å². The van der Waals surface area contributed by atoms with E-state index >= 15 is 0 Å². The Balaban J connectivity index is 2.52. The first-order valence-electron chi connectivity index (χ1n) is 6.90. The van der Waals surface area contributed by atoms with E-state index in [1.165, 1.54) is 12.1 Å². The van der Waals surface area contributed by atoms with Gasteiger partial charge < -0.3 is 10.6 Å². The van der Waals surface area contributed by atoms with E-state index in [0.717, 1.165) is 6.42 Å². The molecule has 0 spiro atoms. The van der Waals surface area contributed by atoms with Crippen molar-refractivity contribution in [3.05, 3.63) is 33.6 Å². The molecule has 4 N–H and O–H groups in total. The minimum atomic E-state index is -0.565. The van der Waals surface area contributed by atoms with E-state index < -0.39 is 17.8 Å². The predicted molar refractivity (Wildman–Crippen MR) is 83.5 cm³/mol. The average molecular weight is 351 g/mol. The Morgan fingerprint density at radius 1 is 1.32 bits per heavy atom. The zero-order chi connectivity index (χ0) is 16.7. The maximum absolute atomic E-state index is 13.5. The van der Waals surface area contributed by atoms with Crippen LogP contribution in [0.1, 0.15) is 31.9 Å². The predicted octanol–water partition coefficient (Wildman–Crippen LogP) is 1.99. The van der Waals surface area contributed by atoms with Crippen LogP contribution in [0.2, 0.25) is 10.0 Å². The van der Waals surface area contributed by atoms with Crippen LogP contribution in [0, 0.1) is 5.82 Å². The molecule has 22 heavy (non-hydrogen) atoms. The number of imide groups is 1. The maximum atomic E-state index is 13.5. The zero-order valence-corrected chi connectivity index (χ0v) is 13.9. The van der Waals surface area contributed by atoms with Crippen molar-refractivity contribution in [1.82, 2.24) is 10.6 Å². The molecule has 0 heterocycles.